The Bertz CT molecular complexity index is 546. The van der Waals surface area contributed by atoms with Gasteiger partial charge in [-0.2, -0.15) is 0 Å². The summed E-state index contributed by atoms with van der Waals surface area (Å²) >= 11 is 0. The molecule has 1 atom stereocenters. The topological polar surface area (TPSA) is 50.9 Å². The molecule has 2 aromatic rings. The summed E-state index contributed by atoms with van der Waals surface area (Å²) in [5.41, 5.74) is 2.64. The highest BCUT2D eigenvalue weighted by Gasteiger charge is 2.22. The van der Waals surface area contributed by atoms with Crippen molar-refractivity contribution < 1.29 is 13.2 Å². The lowest BCUT2D eigenvalue weighted by atomic mass is 10.0. The molecule has 0 aliphatic rings. The number of nitrogens with two attached hydrogens (primary N) is 1. The van der Waals surface area contributed by atoms with Gasteiger partial charge in [0.25, 0.3) is 0 Å². The molecule has 0 amide bonds. The summed E-state index contributed by atoms with van der Waals surface area (Å²) in [7, 11) is 0. The first-order chi connectivity index (χ1) is 8.65. The monoisotopic (exact) mass is 253 g/mol. The van der Waals surface area contributed by atoms with Crippen LogP contribution >= 0.6 is 0 Å². The molecule has 1 aromatic carbocycles. The number of nitrogens with zero attached hydrogens (tertiary/aromatic N) is 1. The van der Waals surface area contributed by atoms with E-state index in [1.54, 1.807) is 18.2 Å². The first-order valence-corrected chi connectivity index (χ1v) is 5.15. The van der Waals surface area contributed by atoms with E-state index in [-0.39, 0.29) is 5.56 Å². The van der Waals surface area contributed by atoms with E-state index in [0.717, 1.165) is 12.1 Å². The highest BCUT2D eigenvalue weighted by atomic mass is 19.2. The van der Waals surface area contributed by atoms with Crippen LogP contribution in [0.15, 0.2) is 36.5 Å². The van der Waals surface area contributed by atoms with Crippen LogP contribution in [0.5, 0.6) is 0 Å². The lowest BCUT2D eigenvalue weighted by Gasteiger charge is -2.16. The predicted octanol–water partition coefficient (Wildman–Crippen LogP) is 2.05. The summed E-state index contributed by atoms with van der Waals surface area (Å²) < 4.78 is 39.7. The average Bonchev–Trinajstić information content (AvgIpc) is 2.41. The van der Waals surface area contributed by atoms with Gasteiger partial charge in [-0.15, -0.1) is 0 Å². The SMILES string of the molecule is NNC(c1ccccn1)c1ccc(F)c(F)c1F. The van der Waals surface area contributed by atoms with E-state index in [0.29, 0.717) is 5.69 Å². The van der Waals surface area contributed by atoms with Gasteiger partial charge in [-0.25, -0.2) is 18.6 Å². The molecule has 2 rings (SSSR count). The maximum Gasteiger partial charge on any atom is 0.194 e. The van der Waals surface area contributed by atoms with E-state index in [9.17, 15) is 13.2 Å². The van der Waals surface area contributed by atoms with Crippen LogP contribution in [-0.2, 0) is 0 Å². The lowest BCUT2D eigenvalue weighted by molar-refractivity contribution is 0.432. The largest absolute Gasteiger partial charge is 0.271 e. The normalized spacial score (nSPS) is 12.4. The van der Waals surface area contributed by atoms with Crippen molar-refractivity contribution >= 4 is 0 Å². The summed E-state index contributed by atoms with van der Waals surface area (Å²) in [6.45, 7) is 0. The summed E-state index contributed by atoms with van der Waals surface area (Å²) in [5, 5.41) is 0. The van der Waals surface area contributed by atoms with Crippen molar-refractivity contribution in [3.05, 3.63) is 65.2 Å². The molecule has 0 spiro atoms. The fraction of sp³-hybridized carbons (Fsp3) is 0.0833. The molecule has 6 heteroatoms. The van der Waals surface area contributed by atoms with E-state index in [2.05, 4.69) is 10.4 Å². The van der Waals surface area contributed by atoms with Crippen LogP contribution < -0.4 is 11.3 Å². The number of hydrazine groups is 1. The molecule has 1 aromatic heterocycles. The molecule has 0 aliphatic heterocycles. The zero-order valence-electron chi connectivity index (χ0n) is 9.20. The lowest BCUT2D eigenvalue weighted by Crippen LogP contribution is -2.30. The third-order valence-electron chi connectivity index (χ3n) is 2.53. The van der Waals surface area contributed by atoms with Crippen LogP contribution in [0.3, 0.4) is 0 Å². The van der Waals surface area contributed by atoms with E-state index in [4.69, 9.17) is 5.84 Å². The van der Waals surface area contributed by atoms with Gasteiger partial charge in [0.2, 0.25) is 0 Å². The van der Waals surface area contributed by atoms with Crippen molar-refractivity contribution in [3.63, 3.8) is 0 Å². The first kappa shape index (κ1) is 12.5. The average molecular weight is 253 g/mol. The minimum absolute atomic E-state index is 0.102. The predicted molar refractivity (Wildman–Crippen MR) is 59.7 cm³/mol. The summed E-state index contributed by atoms with van der Waals surface area (Å²) in [6, 6.07) is 6.10. The molecule has 0 saturated carbocycles. The van der Waals surface area contributed by atoms with Gasteiger partial charge in [0.15, 0.2) is 17.5 Å². The molecule has 0 aliphatic carbocycles. The zero-order chi connectivity index (χ0) is 13.1. The molecule has 0 saturated heterocycles. The number of benzene rings is 1. The van der Waals surface area contributed by atoms with Crippen molar-refractivity contribution in [1.82, 2.24) is 10.4 Å². The van der Waals surface area contributed by atoms with Crippen molar-refractivity contribution in [1.29, 1.82) is 0 Å². The number of hydrogen-bond acceptors (Lipinski definition) is 3. The number of nitrogens with one attached hydrogen (secondary N) is 1. The molecule has 18 heavy (non-hydrogen) atoms. The van der Waals surface area contributed by atoms with Gasteiger partial charge in [0, 0.05) is 11.8 Å². The molecule has 3 nitrogen and oxygen atoms in total. The number of rotatable bonds is 3. The van der Waals surface area contributed by atoms with Gasteiger partial charge in [-0.05, 0) is 18.2 Å². The van der Waals surface area contributed by atoms with Gasteiger partial charge >= 0.3 is 0 Å². The van der Waals surface area contributed by atoms with Gasteiger partial charge in [-0.1, -0.05) is 12.1 Å². The second kappa shape index (κ2) is 5.16. The number of hydrogen-bond donors (Lipinski definition) is 2. The van der Waals surface area contributed by atoms with Crippen LogP contribution in [0.25, 0.3) is 0 Å². The Balaban J connectivity index is 2.50. The first-order valence-electron chi connectivity index (χ1n) is 5.15. The van der Waals surface area contributed by atoms with Crippen molar-refractivity contribution in [2.24, 2.45) is 5.84 Å². The summed E-state index contributed by atoms with van der Waals surface area (Å²) in [5.74, 6) is 1.28. The summed E-state index contributed by atoms with van der Waals surface area (Å²) in [6.07, 6.45) is 1.50. The molecule has 0 bridgehead atoms. The molecule has 94 valence electrons. The number of pyridine rings is 1. The van der Waals surface area contributed by atoms with E-state index in [1.807, 2.05) is 0 Å². The van der Waals surface area contributed by atoms with E-state index >= 15 is 0 Å². The highest BCUT2D eigenvalue weighted by molar-refractivity contribution is 5.30. The van der Waals surface area contributed by atoms with Crippen LogP contribution in [0.1, 0.15) is 17.3 Å². The molecular weight excluding hydrogens is 243 g/mol. The Morgan fingerprint density at radius 3 is 2.44 bits per heavy atom. The standard InChI is InChI=1S/C12H10F3N3/c13-8-5-4-7(10(14)11(8)15)12(18-16)9-3-1-2-6-17-9/h1-6,12,18H,16H2. The Morgan fingerprint density at radius 2 is 1.83 bits per heavy atom. The van der Waals surface area contributed by atoms with Crippen LogP contribution in [0, 0.1) is 17.5 Å². The second-order valence-corrected chi connectivity index (χ2v) is 3.62. The van der Waals surface area contributed by atoms with E-state index < -0.39 is 23.5 Å². The van der Waals surface area contributed by atoms with Gasteiger partial charge in [0.1, 0.15) is 0 Å². The smallest absolute Gasteiger partial charge is 0.194 e. The quantitative estimate of drug-likeness (QED) is 0.500. The summed E-state index contributed by atoms with van der Waals surface area (Å²) in [4.78, 5) is 3.99. The molecule has 3 N–H and O–H groups in total. The van der Waals surface area contributed by atoms with Crippen molar-refractivity contribution in [3.8, 4) is 0 Å². The van der Waals surface area contributed by atoms with Crippen LogP contribution in [0.2, 0.25) is 0 Å². The Labute approximate surface area is 101 Å². The Kier molecular flexibility index (Phi) is 3.59. The fourth-order valence-electron chi connectivity index (χ4n) is 1.64. The number of halogens is 3. The van der Waals surface area contributed by atoms with Crippen LogP contribution in [-0.4, -0.2) is 4.98 Å². The molecule has 0 fully saturated rings. The third kappa shape index (κ3) is 2.20. The highest BCUT2D eigenvalue weighted by Crippen LogP contribution is 2.24. The molecule has 1 unspecified atom stereocenters. The fourth-order valence-corrected chi connectivity index (χ4v) is 1.64. The minimum atomic E-state index is -1.52. The molecule has 0 radical (unpaired) electrons. The van der Waals surface area contributed by atoms with E-state index in [1.165, 1.54) is 6.20 Å². The molecular formula is C12H10F3N3. The van der Waals surface area contributed by atoms with Crippen molar-refractivity contribution in [2.45, 2.75) is 6.04 Å². The van der Waals surface area contributed by atoms with Crippen molar-refractivity contribution in [2.75, 3.05) is 0 Å². The number of aromatic nitrogens is 1. The second-order valence-electron chi connectivity index (χ2n) is 3.62. The van der Waals surface area contributed by atoms with Gasteiger partial charge in [-0.3, -0.25) is 10.8 Å². The van der Waals surface area contributed by atoms with Gasteiger partial charge < -0.3 is 0 Å². The maximum atomic E-state index is 13.6. The minimum Gasteiger partial charge on any atom is -0.271 e. The maximum absolute atomic E-state index is 13.6. The Hall–Kier alpha value is -1.92. The zero-order valence-corrected chi connectivity index (χ0v) is 9.20. The molecule has 1 heterocycles. The Morgan fingerprint density at radius 1 is 1.06 bits per heavy atom. The van der Waals surface area contributed by atoms with Gasteiger partial charge in [0.05, 0.1) is 11.7 Å². The third-order valence-corrected chi connectivity index (χ3v) is 2.53. The van der Waals surface area contributed by atoms with Crippen LogP contribution in [0.4, 0.5) is 13.2 Å².